The third-order valence-corrected chi connectivity index (χ3v) is 6.44. The first-order chi connectivity index (χ1) is 13.8. The second kappa shape index (κ2) is 7.45. The van der Waals surface area contributed by atoms with Crippen molar-refractivity contribution >= 4 is 55.4 Å². The highest BCUT2D eigenvalue weighted by molar-refractivity contribution is 8.00. The molecule has 3 aromatic heterocycles. The lowest BCUT2D eigenvalue weighted by Crippen LogP contribution is -2.37. The van der Waals surface area contributed by atoms with E-state index in [1.807, 2.05) is 25.1 Å². The van der Waals surface area contributed by atoms with Crippen molar-refractivity contribution in [2.75, 3.05) is 11.1 Å². The predicted octanol–water partition coefficient (Wildman–Crippen LogP) is 2.28. The Hall–Kier alpha value is -2.98. The maximum atomic E-state index is 12.6. The Morgan fingerprint density at radius 2 is 2.00 bits per heavy atom. The van der Waals surface area contributed by atoms with Gasteiger partial charge in [0.05, 0.1) is 21.4 Å². The van der Waals surface area contributed by atoms with Crippen LogP contribution >= 0.6 is 23.1 Å². The molecule has 0 spiro atoms. The molecule has 0 bridgehead atoms. The molecule has 29 heavy (non-hydrogen) atoms. The molecule has 4 aromatic rings. The number of pyridine rings is 1. The van der Waals surface area contributed by atoms with Gasteiger partial charge >= 0.3 is 5.69 Å². The van der Waals surface area contributed by atoms with E-state index in [4.69, 9.17) is 0 Å². The molecule has 0 saturated heterocycles. The van der Waals surface area contributed by atoms with Crippen LogP contribution in [-0.4, -0.2) is 30.8 Å². The van der Waals surface area contributed by atoms with E-state index in [0.717, 1.165) is 20.3 Å². The Labute approximate surface area is 173 Å². The maximum absolute atomic E-state index is 12.6. The summed E-state index contributed by atoms with van der Waals surface area (Å²) in [4.78, 5) is 46.3. The van der Waals surface area contributed by atoms with Gasteiger partial charge in [-0.05, 0) is 30.7 Å². The number of thiazole rings is 1. The van der Waals surface area contributed by atoms with Crippen molar-refractivity contribution in [1.82, 2.24) is 19.1 Å². The standard InChI is InChI=1S/C19H17N5O3S2/c1-10-4-5-11-13(8-10)29-18(21-11)22-14(25)9-28-12-6-7-20-16-15(12)17(26)24(3)19(27)23(16)2/h4-8H,9H2,1-3H3,(H,21,22,25). The minimum absolute atomic E-state index is 0.0973. The molecule has 0 atom stereocenters. The van der Waals surface area contributed by atoms with E-state index in [0.29, 0.717) is 21.1 Å². The van der Waals surface area contributed by atoms with Crippen molar-refractivity contribution in [3.05, 3.63) is 56.9 Å². The van der Waals surface area contributed by atoms with E-state index < -0.39 is 11.2 Å². The van der Waals surface area contributed by atoms with E-state index in [1.54, 1.807) is 13.1 Å². The fraction of sp³-hybridized carbons (Fsp3) is 0.211. The molecule has 148 valence electrons. The van der Waals surface area contributed by atoms with Gasteiger partial charge in [0.15, 0.2) is 5.13 Å². The van der Waals surface area contributed by atoms with E-state index in [9.17, 15) is 14.4 Å². The van der Waals surface area contributed by atoms with Gasteiger partial charge in [-0.1, -0.05) is 17.4 Å². The molecule has 0 aliphatic heterocycles. The Morgan fingerprint density at radius 3 is 2.79 bits per heavy atom. The number of fused-ring (bicyclic) bond motifs is 2. The number of hydrogen-bond donors (Lipinski definition) is 1. The minimum Gasteiger partial charge on any atom is -0.301 e. The Kier molecular flexibility index (Phi) is 4.97. The zero-order chi connectivity index (χ0) is 20.7. The number of hydrogen-bond acceptors (Lipinski definition) is 7. The summed E-state index contributed by atoms with van der Waals surface area (Å²) in [5.74, 6) is -0.127. The minimum atomic E-state index is -0.444. The molecule has 0 saturated carbocycles. The van der Waals surface area contributed by atoms with Gasteiger partial charge in [0.2, 0.25) is 5.91 Å². The molecule has 0 aliphatic carbocycles. The van der Waals surface area contributed by atoms with Crippen LogP contribution in [0.2, 0.25) is 0 Å². The van der Waals surface area contributed by atoms with Crippen LogP contribution in [0.5, 0.6) is 0 Å². The Balaban J connectivity index is 1.57. The van der Waals surface area contributed by atoms with Gasteiger partial charge in [-0.25, -0.2) is 14.8 Å². The van der Waals surface area contributed by atoms with Crippen LogP contribution in [0.25, 0.3) is 21.3 Å². The van der Waals surface area contributed by atoms with Gasteiger partial charge in [0.1, 0.15) is 5.65 Å². The summed E-state index contributed by atoms with van der Waals surface area (Å²) in [5, 5.41) is 3.67. The van der Waals surface area contributed by atoms with Crippen LogP contribution in [0.3, 0.4) is 0 Å². The molecule has 0 unspecified atom stereocenters. The van der Waals surface area contributed by atoms with E-state index in [1.165, 1.54) is 40.9 Å². The number of carbonyl (C=O) groups is 1. The molecule has 8 nitrogen and oxygen atoms in total. The number of nitrogens with one attached hydrogen (secondary N) is 1. The number of benzene rings is 1. The second-order valence-electron chi connectivity index (χ2n) is 6.54. The SMILES string of the molecule is Cc1ccc2nc(NC(=O)CSc3ccnc4c3c(=O)n(C)c(=O)n4C)sc2c1. The largest absolute Gasteiger partial charge is 0.332 e. The summed E-state index contributed by atoms with van der Waals surface area (Å²) in [5.41, 5.74) is 1.40. The van der Waals surface area contributed by atoms with Gasteiger partial charge in [-0.2, -0.15) is 0 Å². The average molecular weight is 428 g/mol. The van der Waals surface area contributed by atoms with Crippen molar-refractivity contribution in [2.24, 2.45) is 14.1 Å². The number of aromatic nitrogens is 4. The number of nitrogens with zero attached hydrogens (tertiary/aromatic N) is 4. The molecule has 3 heterocycles. The van der Waals surface area contributed by atoms with Crippen molar-refractivity contribution < 1.29 is 4.79 Å². The quantitative estimate of drug-likeness (QED) is 0.502. The van der Waals surface area contributed by atoms with Crippen LogP contribution in [-0.2, 0) is 18.9 Å². The molecule has 10 heteroatoms. The highest BCUT2D eigenvalue weighted by Crippen LogP contribution is 2.28. The molecule has 1 N–H and O–H groups in total. The first kappa shape index (κ1) is 19.3. The Bertz CT molecular complexity index is 1390. The molecule has 4 rings (SSSR count). The lowest BCUT2D eigenvalue weighted by Gasteiger charge is -2.09. The van der Waals surface area contributed by atoms with Gasteiger partial charge in [-0.3, -0.25) is 18.7 Å². The molecule has 0 fully saturated rings. The number of anilines is 1. The van der Waals surface area contributed by atoms with Gasteiger partial charge < -0.3 is 5.32 Å². The zero-order valence-electron chi connectivity index (χ0n) is 15.9. The fourth-order valence-corrected chi connectivity index (χ4v) is 4.78. The van der Waals surface area contributed by atoms with E-state index in [2.05, 4.69) is 15.3 Å². The highest BCUT2D eigenvalue weighted by Gasteiger charge is 2.15. The summed E-state index contributed by atoms with van der Waals surface area (Å²) >= 11 is 2.64. The third-order valence-electron chi connectivity index (χ3n) is 4.45. The number of rotatable bonds is 4. The maximum Gasteiger partial charge on any atom is 0.332 e. The van der Waals surface area contributed by atoms with Crippen LogP contribution < -0.4 is 16.6 Å². The monoisotopic (exact) mass is 427 g/mol. The average Bonchev–Trinajstić information content (AvgIpc) is 3.09. The molecule has 1 aromatic carbocycles. The van der Waals surface area contributed by atoms with Gasteiger partial charge in [-0.15, -0.1) is 11.8 Å². The lowest BCUT2D eigenvalue weighted by atomic mass is 10.2. The number of aryl methyl sites for hydroxylation is 2. The summed E-state index contributed by atoms with van der Waals surface area (Å²) in [7, 11) is 2.99. The van der Waals surface area contributed by atoms with Crippen molar-refractivity contribution in [2.45, 2.75) is 11.8 Å². The molecule has 0 radical (unpaired) electrons. The van der Waals surface area contributed by atoms with E-state index >= 15 is 0 Å². The van der Waals surface area contributed by atoms with Crippen LogP contribution in [0.15, 0.2) is 44.9 Å². The normalized spacial score (nSPS) is 11.3. The third kappa shape index (κ3) is 3.56. The van der Waals surface area contributed by atoms with Crippen LogP contribution in [0.1, 0.15) is 5.56 Å². The van der Waals surface area contributed by atoms with Gasteiger partial charge in [0.25, 0.3) is 5.56 Å². The van der Waals surface area contributed by atoms with Crippen molar-refractivity contribution in [3.63, 3.8) is 0 Å². The molecular formula is C19H17N5O3S2. The molecule has 0 aliphatic rings. The molecule has 1 amide bonds. The zero-order valence-corrected chi connectivity index (χ0v) is 17.6. The summed E-state index contributed by atoms with van der Waals surface area (Å²) < 4.78 is 3.37. The topological polar surface area (TPSA) is 98.9 Å². The summed E-state index contributed by atoms with van der Waals surface area (Å²) in [6.45, 7) is 2.01. The van der Waals surface area contributed by atoms with E-state index in [-0.39, 0.29) is 11.7 Å². The first-order valence-electron chi connectivity index (χ1n) is 8.69. The predicted molar refractivity (Wildman–Crippen MR) is 116 cm³/mol. The summed E-state index contributed by atoms with van der Waals surface area (Å²) in [6, 6.07) is 7.60. The second-order valence-corrected chi connectivity index (χ2v) is 8.59. The number of thioether (sulfide) groups is 1. The van der Waals surface area contributed by atoms with Gasteiger partial charge in [0, 0.05) is 25.2 Å². The van der Waals surface area contributed by atoms with Crippen LogP contribution in [0.4, 0.5) is 5.13 Å². The highest BCUT2D eigenvalue weighted by atomic mass is 32.2. The first-order valence-corrected chi connectivity index (χ1v) is 10.5. The number of carbonyl (C=O) groups excluding carboxylic acids is 1. The van der Waals surface area contributed by atoms with Crippen LogP contribution in [0, 0.1) is 6.92 Å². The number of amides is 1. The fourth-order valence-electron chi connectivity index (χ4n) is 2.96. The van der Waals surface area contributed by atoms with Crippen molar-refractivity contribution in [3.8, 4) is 0 Å². The summed E-state index contributed by atoms with van der Waals surface area (Å²) in [6.07, 6.45) is 1.53. The lowest BCUT2D eigenvalue weighted by molar-refractivity contribution is -0.113. The molecular weight excluding hydrogens is 410 g/mol. The Morgan fingerprint density at radius 1 is 1.21 bits per heavy atom. The smallest absolute Gasteiger partial charge is 0.301 e. The van der Waals surface area contributed by atoms with Crippen molar-refractivity contribution in [1.29, 1.82) is 0 Å².